The number of halogens is 3. The Labute approximate surface area is 94.6 Å². The summed E-state index contributed by atoms with van der Waals surface area (Å²) in [6, 6.07) is 0.993. The van der Waals surface area contributed by atoms with Crippen molar-refractivity contribution in [2.45, 2.75) is 19.8 Å². The number of aromatic nitrogens is 4. The summed E-state index contributed by atoms with van der Waals surface area (Å²) in [5.74, 6) is 0. The van der Waals surface area contributed by atoms with Crippen LogP contribution in [-0.2, 0) is 12.8 Å². The normalized spacial score (nSPS) is 12.0. The minimum absolute atomic E-state index is 0.0963. The van der Waals surface area contributed by atoms with Gasteiger partial charge in [-0.1, -0.05) is 0 Å². The van der Waals surface area contributed by atoms with E-state index in [9.17, 15) is 13.2 Å². The lowest BCUT2D eigenvalue weighted by molar-refractivity contribution is -0.141. The first kappa shape index (κ1) is 11.5. The molecule has 2 N–H and O–H groups in total. The molecule has 2 rings (SSSR count). The van der Waals surface area contributed by atoms with Crippen LogP contribution in [0.5, 0.6) is 0 Å². The zero-order valence-electron chi connectivity index (χ0n) is 8.94. The molecule has 0 bridgehead atoms. The maximum Gasteiger partial charge on any atom is 0.435 e. The first-order valence-electron chi connectivity index (χ1n) is 4.76. The highest BCUT2D eigenvalue weighted by molar-refractivity contribution is 5.30. The minimum atomic E-state index is -4.43. The largest absolute Gasteiger partial charge is 0.435 e. The molecule has 0 aromatic carbocycles. The second-order valence-electron chi connectivity index (χ2n) is 3.62. The Bertz CT molecular complexity index is 525. The molecule has 0 radical (unpaired) electrons. The lowest BCUT2D eigenvalue weighted by Crippen LogP contribution is -2.13. The molecule has 0 aliphatic carbocycles. The fourth-order valence-electron chi connectivity index (χ4n) is 1.39. The number of alkyl halides is 3. The second kappa shape index (κ2) is 3.79. The number of anilines is 1. The Kier molecular flexibility index (Phi) is 2.56. The van der Waals surface area contributed by atoms with Crippen molar-refractivity contribution in [3.05, 3.63) is 29.8 Å². The molecule has 0 aliphatic heterocycles. The molecular weight excluding hydrogens is 235 g/mol. The van der Waals surface area contributed by atoms with Crippen LogP contribution in [0.25, 0.3) is 0 Å². The molecule has 0 saturated heterocycles. The smallest absolute Gasteiger partial charge is 0.396 e. The summed E-state index contributed by atoms with van der Waals surface area (Å²) in [5, 5.41) is 7.35. The standard InChI is InChI=1S/C9H10F3N5/c1-6-2-8(9(10,11)12)15-17(6)5-16-4-7(13)3-14-16/h2-4H,5,13H2,1H3. The Morgan fingerprint density at radius 1 is 1.41 bits per heavy atom. The van der Waals surface area contributed by atoms with Crippen molar-refractivity contribution < 1.29 is 13.2 Å². The van der Waals surface area contributed by atoms with Gasteiger partial charge in [-0.25, -0.2) is 9.36 Å². The van der Waals surface area contributed by atoms with Crippen molar-refractivity contribution in [2.24, 2.45) is 0 Å². The summed E-state index contributed by atoms with van der Waals surface area (Å²) >= 11 is 0. The van der Waals surface area contributed by atoms with Gasteiger partial charge in [-0.2, -0.15) is 23.4 Å². The van der Waals surface area contributed by atoms with E-state index >= 15 is 0 Å². The van der Waals surface area contributed by atoms with Gasteiger partial charge in [0.15, 0.2) is 5.69 Å². The number of rotatable bonds is 2. The van der Waals surface area contributed by atoms with Crippen LogP contribution >= 0.6 is 0 Å². The Morgan fingerprint density at radius 2 is 2.12 bits per heavy atom. The van der Waals surface area contributed by atoms with Crippen LogP contribution < -0.4 is 5.73 Å². The highest BCUT2D eigenvalue weighted by Crippen LogP contribution is 2.28. The van der Waals surface area contributed by atoms with Crippen LogP contribution in [0.1, 0.15) is 11.4 Å². The zero-order valence-corrected chi connectivity index (χ0v) is 8.94. The second-order valence-corrected chi connectivity index (χ2v) is 3.62. The third-order valence-electron chi connectivity index (χ3n) is 2.20. The van der Waals surface area contributed by atoms with Crippen LogP contribution in [0.3, 0.4) is 0 Å². The van der Waals surface area contributed by atoms with Crippen molar-refractivity contribution in [3.63, 3.8) is 0 Å². The van der Waals surface area contributed by atoms with Gasteiger partial charge in [0.1, 0.15) is 6.67 Å². The van der Waals surface area contributed by atoms with Crippen molar-refractivity contribution in [2.75, 3.05) is 5.73 Å². The predicted molar refractivity (Wildman–Crippen MR) is 54.0 cm³/mol. The predicted octanol–water partition coefficient (Wildman–Crippen LogP) is 1.49. The fourth-order valence-corrected chi connectivity index (χ4v) is 1.39. The van der Waals surface area contributed by atoms with Crippen LogP contribution in [0.4, 0.5) is 18.9 Å². The lowest BCUT2D eigenvalue weighted by Gasteiger charge is -2.04. The Hall–Kier alpha value is -1.99. The maximum absolute atomic E-state index is 12.4. The molecule has 0 saturated carbocycles. The first-order valence-corrected chi connectivity index (χ1v) is 4.76. The van der Waals surface area contributed by atoms with Crippen molar-refractivity contribution in [1.29, 1.82) is 0 Å². The molecule has 0 atom stereocenters. The number of hydrogen-bond donors (Lipinski definition) is 1. The van der Waals surface area contributed by atoms with Crippen molar-refractivity contribution >= 4 is 5.69 Å². The van der Waals surface area contributed by atoms with E-state index in [0.29, 0.717) is 11.4 Å². The molecule has 0 fully saturated rings. The van der Waals surface area contributed by atoms with Crippen molar-refractivity contribution in [1.82, 2.24) is 19.6 Å². The molecule has 2 aromatic heterocycles. The highest BCUT2D eigenvalue weighted by atomic mass is 19.4. The van der Waals surface area contributed by atoms with Gasteiger partial charge in [0, 0.05) is 5.69 Å². The fraction of sp³-hybridized carbons (Fsp3) is 0.333. The molecule has 0 spiro atoms. The van der Waals surface area contributed by atoms with Crippen LogP contribution in [0.15, 0.2) is 18.5 Å². The Balaban J connectivity index is 2.25. The molecule has 0 aliphatic rings. The quantitative estimate of drug-likeness (QED) is 0.872. The van der Waals surface area contributed by atoms with Gasteiger partial charge in [-0.3, -0.25) is 0 Å². The molecule has 17 heavy (non-hydrogen) atoms. The summed E-state index contributed by atoms with van der Waals surface area (Å²) < 4.78 is 39.8. The van der Waals surface area contributed by atoms with E-state index in [4.69, 9.17) is 5.73 Å². The van der Waals surface area contributed by atoms with Crippen LogP contribution in [-0.4, -0.2) is 19.6 Å². The van der Waals surface area contributed by atoms with E-state index in [0.717, 1.165) is 6.07 Å². The van der Waals surface area contributed by atoms with Gasteiger partial charge < -0.3 is 5.73 Å². The van der Waals surface area contributed by atoms with Crippen molar-refractivity contribution in [3.8, 4) is 0 Å². The van der Waals surface area contributed by atoms with E-state index in [1.165, 1.54) is 21.8 Å². The van der Waals surface area contributed by atoms with Crippen LogP contribution in [0.2, 0.25) is 0 Å². The molecule has 92 valence electrons. The van der Waals surface area contributed by atoms with Gasteiger partial charge in [-0.05, 0) is 13.0 Å². The molecular formula is C9H10F3N5. The highest BCUT2D eigenvalue weighted by Gasteiger charge is 2.34. The topological polar surface area (TPSA) is 61.7 Å². The average molecular weight is 245 g/mol. The summed E-state index contributed by atoms with van der Waals surface area (Å²) in [6.07, 6.45) is -1.49. The van der Waals surface area contributed by atoms with E-state index in [-0.39, 0.29) is 6.67 Å². The van der Waals surface area contributed by atoms with Gasteiger partial charge in [0.25, 0.3) is 0 Å². The van der Waals surface area contributed by atoms with E-state index < -0.39 is 11.9 Å². The van der Waals surface area contributed by atoms with Gasteiger partial charge in [0.05, 0.1) is 18.1 Å². The van der Waals surface area contributed by atoms with Gasteiger partial charge >= 0.3 is 6.18 Å². The SMILES string of the molecule is Cc1cc(C(F)(F)F)nn1Cn1cc(N)cn1. The van der Waals surface area contributed by atoms with Gasteiger partial charge in [0.2, 0.25) is 0 Å². The minimum Gasteiger partial charge on any atom is -0.396 e. The third-order valence-corrected chi connectivity index (χ3v) is 2.20. The summed E-state index contributed by atoms with van der Waals surface area (Å²) in [5.41, 5.74) is 5.40. The number of nitrogens with zero attached hydrogens (tertiary/aromatic N) is 4. The lowest BCUT2D eigenvalue weighted by atomic mass is 10.4. The Morgan fingerprint density at radius 3 is 2.59 bits per heavy atom. The molecule has 5 nitrogen and oxygen atoms in total. The number of nitrogen functional groups attached to an aromatic ring is 1. The summed E-state index contributed by atoms with van der Waals surface area (Å²) in [4.78, 5) is 0. The summed E-state index contributed by atoms with van der Waals surface area (Å²) in [6.45, 7) is 1.65. The average Bonchev–Trinajstić information content (AvgIpc) is 2.74. The third kappa shape index (κ3) is 2.40. The maximum atomic E-state index is 12.4. The van der Waals surface area contributed by atoms with Crippen LogP contribution in [0, 0.1) is 6.92 Å². The van der Waals surface area contributed by atoms with E-state index in [1.807, 2.05) is 0 Å². The van der Waals surface area contributed by atoms with Gasteiger partial charge in [-0.15, -0.1) is 0 Å². The molecule has 0 unspecified atom stereocenters. The first-order chi connectivity index (χ1) is 7.86. The monoisotopic (exact) mass is 245 g/mol. The number of aryl methyl sites for hydroxylation is 1. The molecule has 8 heteroatoms. The summed E-state index contributed by atoms with van der Waals surface area (Å²) in [7, 11) is 0. The zero-order chi connectivity index (χ0) is 12.6. The molecule has 0 amide bonds. The number of hydrogen-bond acceptors (Lipinski definition) is 3. The number of nitrogens with two attached hydrogens (primary N) is 1. The van der Waals surface area contributed by atoms with E-state index in [1.54, 1.807) is 6.92 Å². The molecule has 2 heterocycles. The molecule has 2 aromatic rings. The van der Waals surface area contributed by atoms with E-state index in [2.05, 4.69) is 10.2 Å².